The molecule has 5 atom stereocenters. The molecule has 208 valence electrons. The lowest BCUT2D eigenvalue weighted by Crippen LogP contribution is -2.38. The smallest absolute Gasteiger partial charge is 0.332 e. The van der Waals surface area contributed by atoms with E-state index < -0.39 is 48.5 Å². The molecule has 1 unspecified atom stereocenters. The van der Waals surface area contributed by atoms with Crippen LogP contribution >= 0.6 is 0 Å². The van der Waals surface area contributed by atoms with Crippen LogP contribution in [0.1, 0.15) is 11.8 Å². The van der Waals surface area contributed by atoms with Crippen LogP contribution in [0.5, 0.6) is 11.5 Å². The number of aromatic nitrogens is 4. The van der Waals surface area contributed by atoms with Crippen LogP contribution in [0.15, 0.2) is 27.8 Å². The van der Waals surface area contributed by atoms with Crippen molar-refractivity contribution in [2.75, 3.05) is 39.6 Å². The van der Waals surface area contributed by atoms with Gasteiger partial charge in [-0.3, -0.25) is 14.3 Å². The van der Waals surface area contributed by atoms with Crippen LogP contribution in [0.2, 0.25) is 0 Å². The largest absolute Gasteiger partial charge is 0.493 e. The van der Waals surface area contributed by atoms with E-state index in [-0.39, 0.29) is 30.2 Å². The van der Waals surface area contributed by atoms with Crippen LogP contribution in [0.4, 0.5) is 5.95 Å². The molecule has 15 heteroatoms. The number of hydrogen-bond acceptors (Lipinski definition) is 12. The van der Waals surface area contributed by atoms with E-state index in [9.17, 15) is 30.0 Å². The van der Waals surface area contributed by atoms with Gasteiger partial charge in [-0.2, -0.15) is 4.98 Å². The van der Waals surface area contributed by atoms with Crippen LogP contribution in [0.3, 0.4) is 0 Å². The summed E-state index contributed by atoms with van der Waals surface area (Å²) < 4.78 is 17.9. The first kappa shape index (κ1) is 27.6. The lowest BCUT2D eigenvalue weighted by Gasteiger charge is -2.16. The van der Waals surface area contributed by atoms with Crippen LogP contribution in [-0.4, -0.2) is 97.9 Å². The van der Waals surface area contributed by atoms with E-state index in [1.165, 1.54) is 0 Å². The zero-order valence-corrected chi connectivity index (χ0v) is 20.9. The van der Waals surface area contributed by atoms with Gasteiger partial charge in [0.25, 0.3) is 5.56 Å². The number of rotatable bonds is 11. The number of anilines is 1. The zero-order valence-electron chi connectivity index (χ0n) is 20.9. The monoisotopic (exact) mass is 536 g/mol. The quantitative estimate of drug-likeness (QED) is 0.124. The Labute approximate surface area is 216 Å². The van der Waals surface area contributed by atoms with E-state index in [1.807, 2.05) is 12.1 Å². The topological polar surface area (TPSA) is 219 Å². The van der Waals surface area contributed by atoms with Crippen molar-refractivity contribution in [2.45, 2.75) is 43.6 Å². The Morgan fingerprint density at radius 2 is 1.95 bits per heavy atom. The van der Waals surface area contributed by atoms with Crippen LogP contribution in [0.25, 0.3) is 11.2 Å². The molecule has 0 bridgehead atoms. The number of aromatic amines is 1. The second kappa shape index (κ2) is 11.5. The Kier molecular flexibility index (Phi) is 8.35. The fourth-order valence-corrected chi connectivity index (χ4v) is 4.50. The average molecular weight is 537 g/mol. The molecule has 2 aromatic heterocycles. The number of hydrogen-bond donors (Lipinski definition) is 7. The Morgan fingerprint density at radius 3 is 2.61 bits per heavy atom. The molecule has 1 aliphatic heterocycles. The van der Waals surface area contributed by atoms with E-state index in [4.69, 9.17) is 19.9 Å². The number of imidazole rings is 1. The maximum absolute atomic E-state index is 13.4. The number of H-pyrrole nitrogens is 1. The third kappa shape index (κ3) is 5.24. The summed E-state index contributed by atoms with van der Waals surface area (Å²) in [6, 6.07) is 5.56. The zero-order chi connectivity index (χ0) is 27.6. The lowest BCUT2D eigenvalue weighted by molar-refractivity contribution is -0.0529. The Morgan fingerprint density at radius 1 is 1.21 bits per heavy atom. The minimum absolute atomic E-state index is 0.0978. The highest BCUT2D eigenvalue weighted by molar-refractivity contribution is 5.71. The van der Waals surface area contributed by atoms with Crippen molar-refractivity contribution in [3.63, 3.8) is 0 Å². The molecule has 0 amide bonds. The fraction of sp³-hybridized carbons (Fsp3) is 0.522. The molecule has 4 rings (SSSR count). The third-order valence-electron chi connectivity index (χ3n) is 6.41. The molecule has 0 radical (unpaired) electrons. The van der Waals surface area contributed by atoms with E-state index in [0.29, 0.717) is 24.5 Å². The second-order valence-electron chi connectivity index (χ2n) is 8.91. The van der Waals surface area contributed by atoms with E-state index >= 15 is 0 Å². The lowest BCUT2D eigenvalue weighted by atomic mass is 10.1. The van der Waals surface area contributed by atoms with Gasteiger partial charge in [0.15, 0.2) is 28.9 Å². The molecule has 1 aromatic carbocycles. The van der Waals surface area contributed by atoms with Gasteiger partial charge in [-0.05, 0) is 30.7 Å². The van der Waals surface area contributed by atoms with Crippen LogP contribution in [-0.2, 0) is 17.7 Å². The summed E-state index contributed by atoms with van der Waals surface area (Å²) in [6.45, 7) is -0.286. The van der Waals surface area contributed by atoms with Crippen molar-refractivity contribution in [1.29, 1.82) is 0 Å². The van der Waals surface area contributed by atoms with E-state index in [0.717, 1.165) is 14.7 Å². The Bertz CT molecular complexity index is 1390. The number of nitrogens with zero attached hydrogens (tertiary/aromatic N) is 3. The van der Waals surface area contributed by atoms with Crippen molar-refractivity contribution in [1.82, 2.24) is 24.4 Å². The standard InChI is InChI=1S/C23H32N6O9/c1-36-13-4-3-11(7-14(13)37-2)5-6-25-8-12(31)9-28-16-19(26-22(24)27-20(16)34)29(23(28)35)21-18(33)17(32)15(10-30)38-21/h3-4,7,12,15,17-18,21,25,30-33H,5-6,8-10H2,1-2H3,(H3,24,26,27,34)/t12?,15-,17-,18-,21-/m1/s1. The normalized spacial score (nSPS) is 22.2. The summed E-state index contributed by atoms with van der Waals surface area (Å²) >= 11 is 0. The van der Waals surface area contributed by atoms with E-state index in [1.54, 1.807) is 20.3 Å². The fourth-order valence-electron chi connectivity index (χ4n) is 4.50. The number of benzene rings is 1. The first-order chi connectivity index (χ1) is 18.2. The number of nitrogens with two attached hydrogens (primary N) is 1. The van der Waals surface area contributed by atoms with Gasteiger partial charge in [0.05, 0.1) is 33.5 Å². The van der Waals surface area contributed by atoms with Gasteiger partial charge in [0.2, 0.25) is 5.95 Å². The van der Waals surface area contributed by atoms with Crippen molar-refractivity contribution < 1.29 is 34.6 Å². The molecule has 38 heavy (non-hydrogen) atoms. The summed E-state index contributed by atoms with van der Waals surface area (Å²) in [4.78, 5) is 32.4. The molecule has 0 aliphatic carbocycles. The third-order valence-corrected chi connectivity index (χ3v) is 6.41. The highest BCUT2D eigenvalue weighted by Crippen LogP contribution is 2.30. The molecule has 8 N–H and O–H groups in total. The number of ether oxygens (including phenoxy) is 3. The first-order valence-corrected chi connectivity index (χ1v) is 11.9. The highest BCUT2D eigenvalue weighted by atomic mass is 16.6. The van der Waals surface area contributed by atoms with Gasteiger partial charge in [0.1, 0.15) is 18.3 Å². The molecular weight excluding hydrogens is 504 g/mol. The summed E-state index contributed by atoms with van der Waals surface area (Å²) in [5.41, 5.74) is 4.72. The van der Waals surface area contributed by atoms with Gasteiger partial charge >= 0.3 is 5.69 Å². The molecule has 3 aromatic rings. The Balaban J connectivity index is 1.50. The maximum Gasteiger partial charge on any atom is 0.332 e. The molecular formula is C23H32N6O9. The minimum Gasteiger partial charge on any atom is -0.493 e. The van der Waals surface area contributed by atoms with Crippen LogP contribution in [0, 0.1) is 0 Å². The predicted octanol–water partition coefficient (Wildman–Crippen LogP) is -2.71. The number of methoxy groups -OCH3 is 2. The van der Waals surface area contributed by atoms with Gasteiger partial charge in [-0.15, -0.1) is 0 Å². The van der Waals surface area contributed by atoms with Crippen molar-refractivity contribution in [3.8, 4) is 11.5 Å². The maximum atomic E-state index is 13.4. The van der Waals surface area contributed by atoms with Gasteiger partial charge in [0, 0.05) is 6.54 Å². The second-order valence-corrected chi connectivity index (χ2v) is 8.91. The highest BCUT2D eigenvalue weighted by Gasteiger charge is 2.45. The summed E-state index contributed by atoms with van der Waals surface area (Å²) in [6.07, 6.45) is -6.12. The number of nitrogens with one attached hydrogen (secondary N) is 2. The van der Waals surface area contributed by atoms with Crippen molar-refractivity contribution >= 4 is 17.1 Å². The number of fused-ring (bicyclic) bond motifs is 1. The van der Waals surface area contributed by atoms with Crippen molar-refractivity contribution in [2.24, 2.45) is 0 Å². The van der Waals surface area contributed by atoms with E-state index in [2.05, 4.69) is 15.3 Å². The summed E-state index contributed by atoms with van der Waals surface area (Å²) in [5.74, 6) is 0.944. The molecule has 15 nitrogen and oxygen atoms in total. The number of nitrogen functional groups attached to an aromatic ring is 1. The molecule has 1 fully saturated rings. The first-order valence-electron chi connectivity index (χ1n) is 11.9. The van der Waals surface area contributed by atoms with Gasteiger partial charge in [-0.1, -0.05) is 6.07 Å². The number of aliphatic hydroxyl groups excluding tert-OH is 4. The average Bonchev–Trinajstić information content (AvgIpc) is 3.33. The van der Waals surface area contributed by atoms with Crippen LogP contribution < -0.4 is 31.8 Å². The SMILES string of the molecule is COc1ccc(CCNCC(O)Cn2c(=O)n([C@@H]3O[C@H](CO)[C@@H](O)[C@H]3O)c3nc(N)[nH]c(=O)c32)cc1OC. The minimum atomic E-state index is -1.59. The summed E-state index contributed by atoms with van der Waals surface area (Å²) in [5, 5.41) is 43.8. The summed E-state index contributed by atoms with van der Waals surface area (Å²) in [7, 11) is 3.11. The molecule has 3 heterocycles. The van der Waals surface area contributed by atoms with Gasteiger partial charge < -0.3 is 45.7 Å². The van der Waals surface area contributed by atoms with Gasteiger partial charge in [-0.25, -0.2) is 9.36 Å². The van der Waals surface area contributed by atoms with Crippen molar-refractivity contribution in [3.05, 3.63) is 44.6 Å². The molecule has 1 aliphatic rings. The predicted molar refractivity (Wildman–Crippen MR) is 134 cm³/mol. The number of aliphatic hydroxyl groups is 4. The Hall–Kier alpha value is -3.47. The molecule has 0 saturated carbocycles. The molecule has 1 saturated heterocycles. The molecule has 0 spiro atoms.